The first-order valence-corrected chi connectivity index (χ1v) is 10.1. The molecular weight excluding hydrogens is 350 g/mol. The quantitative estimate of drug-likeness (QED) is 0.880. The fourth-order valence-electron chi connectivity index (χ4n) is 4.09. The lowest BCUT2D eigenvalue weighted by molar-refractivity contribution is -0.0906. The van der Waals surface area contributed by atoms with Gasteiger partial charge in [0.15, 0.2) is 0 Å². The topological polar surface area (TPSA) is 75.3 Å². The van der Waals surface area contributed by atoms with E-state index in [1.54, 1.807) is 16.2 Å². The van der Waals surface area contributed by atoms with Gasteiger partial charge in [0.1, 0.15) is 17.0 Å². The van der Waals surface area contributed by atoms with E-state index in [1.807, 2.05) is 0 Å². The van der Waals surface area contributed by atoms with Gasteiger partial charge in [-0.3, -0.25) is 9.59 Å². The third kappa shape index (κ3) is 2.61. The molecule has 0 atom stereocenters. The maximum atomic E-state index is 12.8. The number of rotatable bonds is 2. The Kier molecular flexibility index (Phi) is 3.76. The summed E-state index contributed by atoms with van der Waals surface area (Å²) in [7, 11) is 0. The van der Waals surface area contributed by atoms with Crippen LogP contribution in [0.25, 0.3) is 0 Å². The van der Waals surface area contributed by atoms with E-state index in [0.717, 1.165) is 38.7 Å². The van der Waals surface area contributed by atoms with Crippen LogP contribution < -0.4 is 5.56 Å². The summed E-state index contributed by atoms with van der Waals surface area (Å²) in [6.45, 7) is 1.93. The van der Waals surface area contributed by atoms with Crippen LogP contribution in [0.5, 0.6) is 0 Å². The monoisotopic (exact) mass is 371 g/mol. The molecule has 0 aromatic carbocycles. The summed E-state index contributed by atoms with van der Waals surface area (Å²) >= 11 is 1.76. The number of likely N-dealkylation sites (tertiary alicyclic amines) is 1. The number of aromatic nitrogens is 2. The Balaban J connectivity index is 1.33. The summed E-state index contributed by atoms with van der Waals surface area (Å²) < 4.78 is 6.19. The molecule has 2 fully saturated rings. The Bertz CT molecular complexity index is 907. The van der Waals surface area contributed by atoms with Crippen molar-refractivity contribution in [3.05, 3.63) is 49.8 Å². The second-order valence-electron chi connectivity index (χ2n) is 7.45. The number of H-pyrrole nitrogens is 1. The maximum Gasteiger partial charge on any atom is 0.263 e. The molecule has 0 radical (unpaired) electrons. The number of thiophene rings is 1. The number of fused-ring (bicyclic) bond motifs is 2. The molecule has 1 amide bonds. The van der Waals surface area contributed by atoms with Gasteiger partial charge in [-0.1, -0.05) is 0 Å². The number of nitrogens with zero attached hydrogens (tertiary/aromatic N) is 2. The van der Waals surface area contributed by atoms with E-state index in [2.05, 4.69) is 21.4 Å². The van der Waals surface area contributed by atoms with Crippen LogP contribution >= 0.6 is 11.3 Å². The molecule has 2 aliphatic heterocycles. The summed E-state index contributed by atoms with van der Waals surface area (Å²) in [6.07, 6.45) is 6.10. The van der Waals surface area contributed by atoms with Gasteiger partial charge < -0.3 is 14.6 Å². The average molecular weight is 371 g/mol. The highest BCUT2D eigenvalue weighted by Gasteiger charge is 2.43. The van der Waals surface area contributed by atoms with Crippen molar-refractivity contribution >= 4 is 17.2 Å². The lowest BCUT2D eigenvalue weighted by atomic mass is 9.85. The maximum absolute atomic E-state index is 12.8. The summed E-state index contributed by atoms with van der Waals surface area (Å²) in [5, 5.41) is 2.13. The molecule has 1 saturated carbocycles. The predicted octanol–water partition coefficient (Wildman–Crippen LogP) is 2.41. The molecule has 2 aromatic rings. The van der Waals surface area contributed by atoms with Gasteiger partial charge in [-0.05, 0) is 49.1 Å². The van der Waals surface area contributed by atoms with Gasteiger partial charge in [-0.15, -0.1) is 11.3 Å². The van der Waals surface area contributed by atoms with E-state index in [-0.39, 0.29) is 22.6 Å². The normalized spacial score (nSPS) is 21.6. The highest BCUT2D eigenvalue weighted by Crippen LogP contribution is 2.44. The van der Waals surface area contributed by atoms with Crippen molar-refractivity contribution in [2.45, 2.75) is 43.6 Å². The molecule has 0 bridgehead atoms. The molecule has 4 heterocycles. The van der Waals surface area contributed by atoms with Crippen LogP contribution in [0.2, 0.25) is 0 Å². The fraction of sp³-hybridized carbons (Fsp3) is 0.526. The standard InChI is InChI=1S/C19H21N3O3S/c23-17-14(11-20-16(21-17)13-1-2-13)18(24)22-7-5-19(6-8-22)15-12(3-9-25-19)4-10-26-15/h4,10-11,13H,1-3,5-9H2,(H,20,21,23). The molecule has 1 saturated heterocycles. The number of carbonyl (C=O) groups is 1. The summed E-state index contributed by atoms with van der Waals surface area (Å²) in [5.74, 6) is 0.855. The van der Waals surface area contributed by atoms with E-state index in [9.17, 15) is 9.59 Å². The molecular formula is C19H21N3O3S. The van der Waals surface area contributed by atoms with Crippen LogP contribution in [0.15, 0.2) is 22.4 Å². The van der Waals surface area contributed by atoms with Gasteiger partial charge in [-0.25, -0.2) is 4.98 Å². The minimum absolute atomic E-state index is 0.145. The molecule has 1 N–H and O–H groups in total. The molecule has 3 aliphatic rings. The first kappa shape index (κ1) is 16.2. The molecule has 2 aromatic heterocycles. The van der Waals surface area contributed by atoms with Crippen LogP contribution in [-0.4, -0.2) is 40.5 Å². The number of carbonyl (C=O) groups excluding carboxylic acids is 1. The minimum atomic E-state index is -0.318. The Labute approximate surface area is 155 Å². The number of nitrogens with one attached hydrogen (secondary N) is 1. The molecule has 136 valence electrons. The molecule has 26 heavy (non-hydrogen) atoms. The molecule has 1 aliphatic carbocycles. The van der Waals surface area contributed by atoms with E-state index < -0.39 is 0 Å². The Hall–Kier alpha value is -1.99. The molecule has 5 rings (SSSR count). The average Bonchev–Trinajstić information content (AvgIpc) is 3.39. The Morgan fingerprint density at radius 1 is 1.35 bits per heavy atom. The van der Waals surface area contributed by atoms with E-state index >= 15 is 0 Å². The fourth-order valence-corrected chi connectivity index (χ4v) is 5.26. The lowest BCUT2D eigenvalue weighted by Gasteiger charge is -2.43. The van der Waals surface area contributed by atoms with Crippen molar-refractivity contribution in [1.29, 1.82) is 0 Å². The number of hydrogen-bond acceptors (Lipinski definition) is 5. The predicted molar refractivity (Wildman–Crippen MR) is 97.6 cm³/mol. The first-order chi connectivity index (χ1) is 12.7. The number of hydrogen-bond donors (Lipinski definition) is 1. The SMILES string of the molecule is O=C(c1cnc(C2CC2)[nH]c1=O)N1CCC2(CC1)OCCc1ccsc12. The van der Waals surface area contributed by atoms with E-state index in [0.29, 0.717) is 24.8 Å². The Morgan fingerprint density at radius 3 is 2.88 bits per heavy atom. The zero-order valence-electron chi connectivity index (χ0n) is 14.5. The van der Waals surface area contributed by atoms with Crippen LogP contribution in [0.4, 0.5) is 0 Å². The molecule has 0 unspecified atom stereocenters. The molecule has 6 nitrogen and oxygen atoms in total. The third-order valence-electron chi connectivity index (χ3n) is 5.78. The number of amides is 1. The zero-order chi connectivity index (χ0) is 17.7. The Morgan fingerprint density at radius 2 is 2.15 bits per heavy atom. The van der Waals surface area contributed by atoms with Crippen molar-refractivity contribution in [3.63, 3.8) is 0 Å². The van der Waals surface area contributed by atoms with Crippen LogP contribution in [0.1, 0.15) is 58.2 Å². The number of piperidine rings is 1. The lowest BCUT2D eigenvalue weighted by Crippen LogP contribution is -2.48. The summed E-state index contributed by atoms with van der Waals surface area (Å²) in [4.78, 5) is 35.3. The van der Waals surface area contributed by atoms with Crippen molar-refractivity contribution in [2.24, 2.45) is 0 Å². The number of aromatic amines is 1. The molecule has 7 heteroatoms. The van der Waals surface area contributed by atoms with Crippen LogP contribution in [0, 0.1) is 0 Å². The van der Waals surface area contributed by atoms with Gasteiger partial charge in [0.05, 0.1) is 6.61 Å². The second kappa shape index (κ2) is 6.03. The van der Waals surface area contributed by atoms with E-state index in [4.69, 9.17) is 4.74 Å². The summed E-state index contributed by atoms with van der Waals surface area (Å²) in [5.41, 5.74) is 0.963. The first-order valence-electron chi connectivity index (χ1n) is 9.26. The van der Waals surface area contributed by atoms with Gasteiger partial charge in [0.25, 0.3) is 11.5 Å². The summed E-state index contributed by atoms with van der Waals surface area (Å²) in [6, 6.07) is 2.19. The van der Waals surface area contributed by atoms with Gasteiger partial charge in [0, 0.05) is 30.1 Å². The van der Waals surface area contributed by atoms with Crippen molar-refractivity contribution < 1.29 is 9.53 Å². The van der Waals surface area contributed by atoms with Gasteiger partial charge in [0.2, 0.25) is 0 Å². The van der Waals surface area contributed by atoms with Crippen molar-refractivity contribution in [2.75, 3.05) is 19.7 Å². The van der Waals surface area contributed by atoms with Crippen molar-refractivity contribution in [3.8, 4) is 0 Å². The minimum Gasteiger partial charge on any atom is -0.369 e. The van der Waals surface area contributed by atoms with Crippen LogP contribution in [0.3, 0.4) is 0 Å². The van der Waals surface area contributed by atoms with Gasteiger partial charge >= 0.3 is 0 Å². The third-order valence-corrected chi connectivity index (χ3v) is 6.92. The number of ether oxygens (including phenoxy) is 1. The zero-order valence-corrected chi connectivity index (χ0v) is 15.3. The second-order valence-corrected chi connectivity index (χ2v) is 8.36. The van der Waals surface area contributed by atoms with Crippen molar-refractivity contribution in [1.82, 2.24) is 14.9 Å². The largest absolute Gasteiger partial charge is 0.369 e. The highest BCUT2D eigenvalue weighted by atomic mass is 32.1. The highest BCUT2D eigenvalue weighted by molar-refractivity contribution is 7.10. The van der Waals surface area contributed by atoms with Crippen LogP contribution in [-0.2, 0) is 16.8 Å². The van der Waals surface area contributed by atoms with E-state index in [1.165, 1.54) is 16.6 Å². The molecule has 1 spiro atoms. The van der Waals surface area contributed by atoms with Gasteiger partial charge in [-0.2, -0.15) is 0 Å². The smallest absolute Gasteiger partial charge is 0.263 e.